The van der Waals surface area contributed by atoms with E-state index in [4.69, 9.17) is 6.42 Å². The summed E-state index contributed by atoms with van der Waals surface area (Å²) in [5.41, 5.74) is 1.34. The maximum atomic E-state index is 12.1. The first-order valence-electron chi connectivity index (χ1n) is 5.61. The van der Waals surface area contributed by atoms with Gasteiger partial charge in [0.25, 0.3) is 0 Å². The fraction of sp³-hybridized carbons (Fsp3) is 0.286. The van der Waals surface area contributed by atoms with Crippen molar-refractivity contribution in [3.63, 3.8) is 0 Å². The van der Waals surface area contributed by atoms with Crippen molar-refractivity contribution in [2.45, 2.75) is 24.0 Å². The number of hydrogen-bond acceptors (Lipinski definition) is 3. The molecule has 1 aromatic rings. The number of thioether (sulfide) groups is 1. The van der Waals surface area contributed by atoms with Gasteiger partial charge in [-0.25, -0.2) is 0 Å². The summed E-state index contributed by atoms with van der Waals surface area (Å²) in [7, 11) is 0. The van der Waals surface area contributed by atoms with E-state index in [0.717, 1.165) is 10.6 Å². The topological polar surface area (TPSA) is 37.4 Å². The van der Waals surface area contributed by atoms with Gasteiger partial charge in [-0.2, -0.15) is 0 Å². The van der Waals surface area contributed by atoms with E-state index < -0.39 is 0 Å². The molecule has 0 bridgehead atoms. The summed E-state index contributed by atoms with van der Waals surface area (Å²) in [6.07, 6.45) is 5.30. The molecular formula is C14H13NO2S. The second-order valence-electron chi connectivity index (χ2n) is 4.13. The summed E-state index contributed by atoms with van der Waals surface area (Å²) in [5.74, 6) is 2.46. The van der Waals surface area contributed by atoms with Crippen LogP contribution in [-0.2, 0) is 4.79 Å². The summed E-state index contributed by atoms with van der Waals surface area (Å²) in [5, 5.41) is -0.144. The van der Waals surface area contributed by atoms with Crippen LogP contribution in [0.5, 0.6) is 0 Å². The van der Waals surface area contributed by atoms with Crippen LogP contribution in [0.15, 0.2) is 23.1 Å². The van der Waals surface area contributed by atoms with Crippen molar-refractivity contribution < 1.29 is 9.59 Å². The number of Topliss-reactive ketones (excluding diaryl/α,β-unsaturated/α-hetero) is 1. The maximum Gasteiger partial charge on any atom is 0.241 e. The van der Waals surface area contributed by atoms with Crippen LogP contribution >= 0.6 is 11.8 Å². The molecular weight excluding hydrogens is 246 g/mol. The van der Waals surface area contributed by atoms with Crippen LogP contribution in [0.1, 0.15) is 24.2 Å². The largest absolute Gasteiger partial charge is 0.299 e. The van der Waals surface area contributed by atoms with E-state index in [1.165, 1.54) is 18.7 Å². The molecule has 1 amide bonds. The van der Waals surface area contributed by atoms with Gasteiger partial charge in [-0.05, 0) is 26.0 Å². The highest BCUT2D eigenvalue weighted by Gasteiger charge is 2.30. The Labute approximate surface area is 111 Å². The highest BCUT2D eigenvalue weighted by atomic mass is 32.2. The van der Waals surface area contributed by atoms with Crippen molar-refractivity contribution in [2.24, 2.45) is 0 Å². The molecule has 0 spiro atoms. The highest BCUT2D eigenvalue weighted by molar-refractivity contribution is 8.00. The van der Waals surface area contributed by atoms with E-state index in [2.05, 4.69) is 5.92 Å². The molecule has 18 heavy (non-hydrogen) atoms. The predicted octanol–water partition coefficient (Wildman–Crippen LogP) is 2.35. The first-order chi connectivity index (χ1) is 8.54. The molecule has 1 aliphatic rings. The molecule has 0 N–H and O–H groups in total. The standard InChI is InChI=1S/C14H13NO2S/c1-4-7-15-12-8-11(9(2)16)5-6-13(12)18-10(3)14(15)17/h1,5-6,8,10H,7H2,2-3H3. The second-order valence-corrected chi connectivity index (χ2v) is 5.51. The zero-order valence-corrected chi connectivity index (χ0v) is 11.1. The minimum absolute atomic E-state index is 0.00819. The van der Waals surface area contributed by atoms with Gasteiger partial charge in [0, 0.05) is 10.5 Å². The van der Waals surface area contributed by atoms with Crippen molar-refractivity contribution in [2.75, 3.05) is 11.4 Å². The number of nitrogens with zero attached hydrogens (tertiary/aromatic N) is 1. The molecule has 2 rings (SSSR count). The number of anilines is 1. The smallest absolute Gasteiger partial charge is 0.241 e. The number of terminal acetylenes is 1. The van der Waals surface area contributed by atoms with Crippen molar-refractivity contribution in [1.29, 1.82) is 0 Å². The number of rotatable bonds is 2. The van der Waals surface area contributed by atoms with Gasteiger partial charge in [-0.3, -0.25) is 14.5 Å². The van der Waals surface area contributed by atoms with Crippen LogP contribution < -0.4 is 4.90 Å². The average molecular weight is 259 g/mol. The van der Waals surface area contributed by atoms with Gasteiger partial charge < -0.3 is 0 Å². The average Bonchev–Trinajstić information content (AvgIpc) is 2.34. The van der Waals surface area contributed by atoms with Crippen LogP contribution in [0.25, 0.3) is 0 Å². The second kappa shape index (κ2) is 4.87. The van der Waals surface area contributed by atoms with E-state index in [-0.39, 0.29) is 23.5 Å². The van der Waals surface area contributed by atoms with Crippen LogP contribution in [0, 0.1) is 12.3 Å². The zero-order valence-electron chi connectivity index (χ0n) is 10.3. The zero-order chi connectivity index (χ0) is 13.3. The quantitative estimate of drug-likeness (QED) is 0.604. The van der Waals surface area contributed by atoms with E-state index in [9.17, 15) is 9.59 Å². The fourth-order valence-electron chi connectivity index (χ4n) is 1.88. The molecule has 0 saturated heterocycles. The van der Waals surface area contributed by atoms with Gasteiger partial charge in [-0.15, -0.1) is 18.2 Å². The molecule has 1 aliphatic heterocycles. The van der Waals surface area contributed by atoms with Crippen LogP contribution in [0.4, 0.5) is 5.69 Å². The molecule has 1 atom stereocenters. The molecule has 0 radical (unpaired) electrons. The lowest BCUT2D eigenvalue weighted by atomic mass is 10.1. The number of carbonyl (C=O) groups is 2. The Bertz CT molecular complexity index is 559. The normalized spacial score (nSPS) is 18.2. The SMILES string of the molecule is C#CCN1C(=O)C(C)Sc2ccc(C(C)=O)cc21. The van der Waals surface area contributed by atoms with E-state index in [0.29, 0.717) is 5.56 Å². The summed E-state index contributed by atoms with van der Waals surface area (Å²) in [4.78, 5) is 26.0. The van der Waals surface area contributed by atoms with Crippen molar-refractivity contribution in [3.8, 4) is 12.3 Å². The number of amides is 1. The highest BCUT2D eigenvalue weighted by Crippen LogP contribution is 2.39. The first-order valence-corrected chi connectivity index (χ1v) is 6.49. The monoisotopic (exact) mass is 259 g/mol. The molecule has 1 unspecified atom stereocenters. The third-order valence-electron chi connectivity index (χ3n) is 2.82. The number of hydrogen-bond donors (Lipinski definition) is 0. The Balaban J connectivity index is 2.52. The number of fused-ring (bicyclic) bond motifs is 1. The van der Waals surface area contributed by atoms with Gasteiger partial charge in [0.2, 0.25) is 5.91 Å². The van der Waals surface area contributed by atoms with Crippen molar-refractivity contribution in [1.82, 2.24) is 0 Å². The lowest BCUT2D eigenvalue weighted by molar-refractivity contribution is -0.117. The van der Waals surface area contributed by atoms with E-state index >= 15 is 0 Å². The molecule has 4 heteroatoms. The molecule has 3 nitrogen and oxygen atoms in total. The molecule has 1 heterocycles. The van der Waals surface area contributed by atoms with Crippen LogP contribution in [-0.4, -0.2) is 23.5 Å². The third-order valence-corrected chi connectivity index (χ3v) is 3.98. The molecule has 1 aromatic carbocycles. The number of benzene rings is 1. The first kappa shape index (κ1) is 12.7. The molecule has 92 valence electrons. The molecule has 0 fully saturated rings. The van der Waals surface area contributed by atoms with Crippen molar-refractivity contribution in [3.05, 3.63) is 23.8 Å². The van der Waals surface area contributed by atoms with Gasteiger partial charge in [0.05, 0.1) is 17.5 Å². The summed E-state index contributed by atoms with van der Waals surface area (Å²) in [6, 6.07) is 5.40. The Morgan fingerprint density at radius 1 is 1.56 bits per heavy atom. The van der Waals surface area contributed by atoms with Gasteiger partial charge in [-0.1, -0.05) is 12.0 Å². The number of carbonyl (C=O) groups excluding carboxylic acids is 2. The summed E-state index contributed by atoms with van der Waals surface area (Å²) >= 11 is 1.50. The van der Waals surface area contributed by atoms with Gasteiger partial charge >= 0.3 is 0 Å². The molecule has 0 saturated carbocycles. The van der Waals surface area contributed by atoms with Gasteiger partial charge in [0.1, 0.15) is 0 Å². The minimum atomic E-state index is -0.144. The van der Waals surface area contributed by atoms with E-state index in [1.54, 1.807) is 17.0 Å². The lowest BCUT2D eigenvalue weighted by Crippen LogP contribution is -2.40. The lowest BCUT2D eigenvalue weighted by Gasteiger charge is -2.31. The van der Waals surface area contributed by atoms with Gasteiger partial charge in [0.15, 0.2) is 5.78 Å². The fourth-order valence-corrected chi connectivity index (χ4v) is 2.93. The van der Waals surface area contributed by atoms with E-state index in [1.807, 2.05) is 13.0 Å². The third kappa shape index (κ3) is 2.14. The summed E-state index contributed by atoms with van der Waals surface area (Å²) in [6.45, 7) is 3.60. The van der Waals surface area contributed by atoms with Crippen LogP contribution in [0.2, 0.25) is 0 Å². The Kier molecular flexibility index (Phi) is 3.44. The Morgan fingerprint density at radius 3 is 2.89 bits per heavy atom. The van der Waals surface area contributed by atoms with Crippen LogP contribution in [0.3, 0.4) is 0 Å². The Hall–Kier alpha value is -1.73. The molecule has 0 aromatic heterocycles. The predicted molar refractivity (Wildman–Crippen MR) is 73.0 cm³/mol. The maximum absolute atomic E-state index is 12.1. The minimum Gasteiger partial charge on any atom is -0.299 e. The van der Waals surface area contributed by atoms with Crippen molar-refractivity contribution >= 4 is 29.1 Å². The number of ketones is 1. The molecule has 0 aliphatic carbocycles. The summed E-state index contributed by atoms with van der Waals surface area (Å²) < 4.78 is 0. The Morgan fingerprint density at radius 2 is 2.28 bits per heavy atom.